The minimum absolute atomic E-state index is 0.111. The summed E-state index contributed by atoms with van der Waals surface area (Å²) in [6.07, 6.45) is 7.81. The van der Waals surface area contributed by atoms with E-state index < -0.39 is 0 Å². The first-order valence-electron chi connectivity index (χ1n) is 11.5. The molecule has 0 radical (unpaired) electrons. The predicted molar refractivity (Wildman–Crippen MR) is 124 cm³/mol. The standard InChI is InChI=1S/C25H31N5O/c1-28-16-10-21-7-15-27-24(23(21)28)30(22-8-13-26-14-9-22)25(31)29-17-11-20(12-18-29)19-5-3-2-4-6-19/h2-7,10,15-16,20,22,26H,8-9,11-14,17-18H2,1H3. The van der Waals surface area contributed by atoms with Crippen molar-refractivity contribution in [1.29, 1.82) is 0 Å². The Morgan fingerprint density at radius 1 is 1.03 bits per heavy atom. The van der Waals surface area contributed by atoms with Crippen LogP contribution in [0, 0.1) is 0 Å². The number of pyridine rings is 1. The number of hydrogen-bond donors (Lipinski definition) is 1. The number of nitrogens with zero attached hydrogens (tertiary/aromatic N) is 4. The van der Waals surface area contributed by atoms with E-state index in [1.807, 2.05) is 35.3 Å². The van der Waals surface area contributed by atoms with Crippen LogP contribution in [0.1, 0.15) is 37.2 Å². The fourth-order valence-electron chi connectivity index (χ4n) is 5.16. The molecule has 2 aromatic heterocycles. The number of nitrogens with one attached hydrogen (secondary N) is 1. The monoisotopic (exact) mass is 417 g/mol. The number of carbonyl (C=O) groups is 1. The Labute approximate surface area is 183 Å². The first kappa shape index (κ1) is 20.1. The number of aromatic nitrogens is 2. The normalized spacial score (nSPS) is 18.4. The second-order valence-electron chi connectivity index (χ2n) is 8.80. The summed E-state index contributed by atoms with van der Waals surface area (Å²) in [4.78, 5) is 22.7. The minimum atomic E-state index is 0.111. The molecule has 0 saturated carbocycles. The molecule has 3 aromatic rings. The third kappa shape index (κ3) is 3.92. The number of piperidine rings is 2. The Balaban J connectivity index is 1.42. The molecule has 4 heterocycles. The van der Waals surface area contributed by atoms with Gasteiger partial charge in [-0.1, -0.05) is 30.3 Å². The summed E-state index contributed by atoms with van der Waals surface area (Å²) in [5.74, 6) is 1.33. The molecule has 5 rings (SSSR count). The van der Waals surface area contributed by atoms with Crippen molar-refractivity contribution in [2.75, 3.05) is 31.1 Å². The molecule has 0 bridgehead atoms. The summed E-state index contributed by atoms with van der Waals surface area (Å²) in [6, 6.07) is 15.1. The van der Waals surface area contributed by atoms with Crippen molar-refractivity contribution < 1.29 is 4.79 Å². The lowest BCUT2D eigenvalue weighted by Gasteiger charge is -2.40. The van der Waals surface area contributed by atoms with Gasteiger partial charge in [-0.2, -0.15) is 0 Å². The number of hydrogen-bond acceptors (Lipinski definition) is 3. The highest BCUT2D eigenvalue weighted by Crippen LogP contribution is 2.32. The summed E-state index contributed by atoms with van der Waals surface area (Å²) in [5.41, 5.74) is 2.42. The summed E-state index contributed by atoms with van der Waals surface area (Å²) < 4.78 is 2.08. The van der Waals surface area contributed by atoms with Gasteiger partial charge in [-0.15, -0.1) is 0 Å². The first-order chi connectivity index (χ1) is 15.2. The number of amides is 2. The third-order valence-corrected chi connectivity index (χ3v) is 6.91. The molecule has 162 valence electrons. The van der Waals surface area contributed by atoms with E-state index in [4.69, 9.17) is 4.98 Å². The minimum Gasteiger partial charge on any atom is -0.348 e. The second-order valence-corrected chi connectivity index (χ2v) is 8.80. The average Bonchev–Trinajstić information content (AvgIpc) is 3.22. The van der Waals surface area contributed by atoms with Gasteiger partial charge in [0.15, 0.2) is 5.82 Å². The van der Waals surface area contributed by atoms with Crippen LogP contribution in [-0.4, -0.2) is 52.7 Å². The van der Waals surface area contributed by atoms with E-state index in [1.54, 1.807) is 0 Å². The van der Waals surface area contributed by atoms with E-state index in [2.05, 4.69) is 46.3 Å². The molecule has 0 aliphatic carbocycles. The van der Waals surface area contributed by atoms with E-state index in [0.29, 0.717) is 5.92 Å². The van der Waals surface area contributed by atoms with Gasteiger partial charge in [0.05, 0.1) is 5.52 Å². The molecule has 31 heavy (non-hydrogen) atoms. The van der Waals surface area contributed by atoms with Crippen molar-refractivity contribution in [2.45, 2.75) is 37.6 Å². The van der Waals surface area contributed by atoms with Crippen LogP contribution in [0.5, 0.6) is 0 Å². The lowest BCUT2D eigenvalue weighted by Crippen LogP contribution is -2.53. The van der Waals surface area contributed by atoms with Gasteiger partial charge in [-0.25, -0.2) is 9.78 Å². The topological polar surface area (TPSA) is 53.4 Å². The van der Waals surface area contributed by atoms with E-state index in [1.165, 1.54) is 5.56 Å². The van der Waals surface area contributed by atoms with Crippen LogP contribution in [0.15, 0.2) is 54.9 Å². The quantitative estimate of drug-likeness (QED) is 0.697. The predicted octanol–water partition coefficient (Wildman–Crippen LogP) is 4.13. The molecule has 2 aliphatic rings. The van der Waals surface area contributed by atoms with Crippen LogP contribution < -0.4 is 10.2 Å². The van der Waals surface area contributed by atoms with Gasteiger partial charge < -0.3 is 14.8 Å². The molecule has 1 aromatic carbocycles. The van der Waals surface area contributed by atoms with Gasteiger partial charge >= 0.3 is 6.03 Å². The first-order valence-corrected chi connectivity index (χ1v) is 11.5. The Kier molecular flexibility index (Phi) is 5.64. The van der Waals surface area contributed by atoms with E-state index in [0.717, 1.165) is 68.6 Å². The van der Waals surface area contributed by atoms with Crippen LogP contribution >= 0.6 is 0 Å². The van der Waals surface area contributed by atoms with Gasteiger partial charge in [0.1, 0.15) is 0 Å². The molecule has 2 saturated heterocycles. The molecule has 1 N–H and O–H groups in total. The Bertz CT molecular complexity index is 1030. The highest BCUT2D eigenvalue weighted by Gasteiger charge is 2.34. The number of anilines is 1. The lowest BCUT2D eigenvalue weighted by molar-refractivity contribution is 0.183. The highest BCUT2D eigenvalue weighted by atomic mass is 16.2. The molecule has 6 heteroatoms. The van der Waals surface area contributed by atoms with Crippen molar-refractivity contribution in [3.05, 3.63) is 60.4 Å². The van der Waals surface area contributed by atoms with Crippen molar-refractivity contribution >= 4 is 22.8 Å². The summed E-state index contributed by atoms with van der Waals surface area (Å²) in [7, 11) is 2.03. The Hall–Kier alpha value is -2.86. The number of likely N-dealkylation sites (tertiary alicyclic amines) is 1. The van der Waals surface area contributed by atoms with Crippen LogP contribution in [0.3, 0.4) is 0 Å². The third-order valence-electron chi connectivity index (χ3n) is 6.91. The fraction of sp³-hybridized carbons (Fsp3) is 0.440. The SMILES string of the molecule is Cn1ccc2ccnc(N(C(=O)N3CCC(c4ccccc4)CC3)C3CCNCC3)c21. The molecular weight excluding hydrogens is 386 g/mol. The van der Waals surface area contributed by atoms with E-state index in [9.17, 15) is 4.79 Å². The van der Waals surface area contributed by atoms with Gasteiger partial charge in [0.25, 0.3) is 0 Å². The zero-order valence-electron chi connectivity index (χ0n) is 18.2. The number of carbonyl (C=O) groups excluding carboxylic acids is 1. The Morgan fingerprint density at radius 2 is 1.77 bits per heavy atom. The lowest BCUT2D eigenvalue weighted by atomic mass is 9.89. The zero-order valence-corrected chi connectivity index (χ0v) is 18.2. The van der Waals surface area contributed by atoms with Crippen molar-refractivity contribution in [1.82, 2.24) is 19.8 Å². The van der Waals surface area contributed by atoms with Crippen LogP contribution in [0.25, 0.3) is 10.9 Å². The van der Waals surface area contributed by atoms with Gasteiger partial charge in [0.2, 0.25) is 0 Å². The van der Waals surface area contributed by atoms with Gasteiger partial charge in [-0.3, -0.25) is 4.90 Å². The molecule has 0 spiro atoms. The van der Waals surface area contributed by atoms with Gasteiger partial charge in [-0.05, 0) is 62.4 Å². The summed E-state index contributed by atoms with van der Waals surface area (Å²) in [6.45, 7) is 3.47. The number of urea groups is 1. The largest absolute Gasteiger partial charge is 0.348 e. The maximum Gasteiger partial charge on any atom is 0.325 e. The van der Waals surface area contributed by atoms with Gasteiger partial charge in [0, 0.05) is 44.0 Å². The summed E-state index contributed by atoms with van der Waals surface area (Å²) >= 11 is 0. The Morgan fingerprint density at radius 3 is 2.52 bits per heavy atom. The molecule has 2 aliphatic heterocycles. The van der Waals surface area contributed by atoms with E-state index in [-0.39, 0.29) is 12.1 Å². The number of aryl methyl sites for hydroxylation is 1. The van der Waals surface area contributed by atoms with Crippen molar-refractivity contribution in [2.24, 2.45) is 7.05 Å². The summed E-state index contributed by atoms with van der Waals surface area (Å²) in [5, 5.41) is 4.56. The highest BCUT2D eigenvalue weighted by molar-refractivity contribution is 6.00. The molecule has 2 fully saturated rings. The van der Waals surface area contributed by atoms with Crippen LogP contribution in [0.2, 0.25) is 0 Å². The number of fused-ring (bicyclic) bond motifs is 1. The number of benzene rings is 1. The number of rotatable bonds is 3. The smallest absolute Gasteiger partial charge is 0.325 e. The molecule has 0 unspecified atom stereocenters. The molecule has 0 atom stereocenters. The van der Waals surface area contributed by atoms with Crippen LogP contribution in [0.4, 0.5) is 10.6 Å². The van der Waals surface area contributed by atoms with Crippen molar-refractivity contribution in [3.8, 4) is 0 Å². The maximum atomic E-state index is 13.9. The molecule has 2 amide bonds. The van der Waals surface area contributed by atoms with E-state index >= 15 is 0 Å². The average molecular weight is 418 g/mol. The second kappa shape index (κ2) is 8.71. The molecular formula is C25H31N5O. The van der Waals surface area contributed by atoms with Crippen LogP contribution in [-0.2, 0) is 7.05 Å². The molecule has 6 nitrogen and oxygen atoms in total. The maximum absolute atomic E-state index is 13.9. The van der Waals surface area contributed by atoms with Crippen molar-refractivity contribution in [3.63, 3.8) is 0 Å². The fourth-order valence-corrected chi connectivity index (χ4v) is 5.16. The zero-order chi connectivity index (χ0) is 21.2.